The van der Waals surface area contributed by atoms with Crippen LogP contribution in [0.3, 0.4) is 0 Å². The third-order valence-corrected chi connectivity index (χ3v) is 5.99. The van der Waals surface area contributed by atoms with Crippen molar-refractivity contribution in [2.75, 3.05) is 52.9 Å². The van der Waals surface area contributed by atoms with E-state index in [0.717, 1.165) is 64.2 Å². The van der Waals surface area contributed by atoms with E-state index in [1.165, 1.54) is 7.11 Å². The summed E-state index contributed by atoms with van der Waals surface area (Å²) in [6.07, 6.45) is 1.83. The number of halogens is 1. The number of likely N-dealkylation sites (tertiary alicyclic amines) is 1. The van der Waals surface area contributed by atoms with Gasteiger partial charge in [-0.15, -0.1) is 0 Å². The summed E-state index contributed by atoms with van der Waals surface area (Å²) in [6, 6.07) is 5.39. The molecule has 2 amide bonds. The zero-order chi connectivity index (χ0) is 22.8. The molecule has 1 heterocycles. The highest BCUT2D eigenvalue weighted by atomic mass is 19.1. The number of nitrogens with zero attached hydrogens (tertiary/aromatic N) is 3. The predicted molar refractivity (Wildman–Crippen MR) is 124 cm³/mol. The minimum Gasteiger partial charge on any atom is -0.494 e. The van der Waals surface area contributed by atoms with Gasteiger partial charge in [-0.25, -0.2) is 9.18 Å². The average molecular weight is 437 g/mol. The fourth-order valence-electron chi connectivity index (χ4n) is 4.09. The van der Waals surface area contributed by atoms with E-state index < -0.39 is 0 Å². The fraction of sp³-hybridized carbons (Fsp3) is 0.708. The highest BCUT2D eigenvalue weighted by molar-refractivity contribution is 5.74. The smallest absolute Gasteiger partial charge is 0.317 e. The minimum atomic E-state index is -0.322. The highest BCUT2D eigenvalue weighted by Crippen LogP contribution is 2.20. The molecule has 0 saturated carbocycles. The van der Waals surface area contributed by atoms with Crippen LogP contribution < -0.4 is 10.1 Å². The summed E-state index contributed by atoms with van der Waals surface area (Å²) in [5.41, 5.74) is 0.945. The molecule has 0 spiro atoms. The van der Waals surface area contributed by atoms with E-state index in [9.17, 15) is 9.18 Å². The summed E-state index contributed by atoms with van der Waals surface area (Å²) >= 11 is 0. The summed E-state index contributed by atoms with van der Waals surface area (Å²) in [6.45, 7) is 15.6. The van der Waals surface area contributed by atoms with Gasteiger partial charge in [0, 0.05) is 45.3 Å². The van der Waals surface area contributed by atoms with Gasteiger partial charge in [-0.2, -0.15) is 0 Å². The van der Waals surface area contributed by atoms with Gasteiger partial charge in [0.05, 0.1) is 7.11 Å². The van der Waals surface area contributed by atoms with Gasteiger partial charge in [-0.1, -0.05) is 33.8 Å². The fourth-order valence-corrected chi connectivity index (χ4v) is 4.09. The predicted octanol–water partition coefficient (Wildman–Crippen LogP) is 3.81. The van der Waals surface area contributed by atoms with Crippen LogP contribution in [0.2, 0.25) is 0 Å². The molecule has 0 aromatic heterocycles. The van der Waals surface area contributed by atoms with Gasteiger partial charge < -0.3 is 19.9 Å². The summed E-state index contributed by atoms with van der Waals surface area (Å²) in [7, 11) is 1.48. The largest absolute Gasteiger partial charge is 0.494 e. The van der Waals surface area contributed by atoms with Gasteiger partial charge in [0.2, 0.25) is 0 Å². The zero-order valence-electron chi connectivity index (χ0n) is 20.0. The molecule has 1 aliphatic rings. The first-order valence-electron chi connectivity index (χ1n) is 11.7. The van der Waals surface area contributed by atoms with Crippen molar-refractivity contribution in [3.63, 3.8) is 0 Å². The third kappa shape index (κ3) is 8.30. The molecule has 176 valence electrons. The summed E-state index contributed by atoms with van der Waals surface area (Å²) in [4.78, 5) is 19.6. The maximum atomic E-state index is 13.9. The molecular formula is C24H41FN4O2. The Kier molecular flexibility index (Phi) is 10.5. The number of hydrogen-bond donors (Lipinski definition) is 1. The van der Waals surface area contributed by atoms with E-state index in [0.29, 0.717) is 12.5 Å². The maximum Gasteiger partial charge on any atom is 0.317 e. The van der Waals surface area contributed by atoms with Crippen molar-refractivity contribution in [3.8, 4) is 5.75 Å². The molecule has 7 heteroatoms. The van der Waals surface area contributed by atoms with Crippen molar-refractivity contribution in [2.45, 2.75) is 53.1 Å². The molecule has 31 heavy (non-hydrogen) atoms. The first-order valence-corrected chi connectivity index (χ1v) is 11.7. The van der Waals surface area contributed by atoms with Crippen LogP contribution in [0.5, 0.6) is 5.75 Å². The van der Waals surface area contributed by atoms with Crippen LogP contribution in [-0.4, -0.2) is 79.7 Å². The second kappa shape index (κ2) is 12.9. The standard InChI is InChI=1S/C24H41FN4O2/c1-6-27(7-2)14-15-29(17-19(3)4)24(30)26-21-10-12-28(13-11-21)18-20-8-9-23(31-5)22(25)16-20/h8-9,16,19,21H,6-7,10-15,17-18H2,1-5H3,(H,26,30). The maximum absolute atomic E-state index is 13.9. The van der Waals surface area contributed by atoms with Gasteiger partial charge in [-0.3, -0.25) is 4.90 Å². The van der Waals surface area contributed by atoms with E-state index in [1.54, 1.807) is 12.1 Å². The van der Waals surface area contributed by atoms with E-state index in [1.807, 2.05) is 11.0 Å². The molecule has 1 aliphatic heterocycles. The lowest BCUT2D eigenvalue weighted by Gasteiger charge is -2.34. The number of benzene rings is 1. The molecule has 0 radical (unpaired) electrons. The molecule has 1 aromatic rings. The Bertz CT molecular complexity index is 674. The number of hydrogen-bond acceptors (Lipinski definition) is 4. The molecule has 0 bridgehead atoms. The molecule has 1 fully saturated rings. The van der Waals surface area contributed by atoms with Crippen LogP contribution in [0.25, 0.3) is 0 Å². The van der Waals surface area contributed by atoms with E-state index in [-0.39, 0.29) is 23.6 Å². The van der Waals surface area contributed by atoms with E-state index in [4.69, 9.17) is 4.74 Å². The van der Waals surface area contributed by atoms with Crippen LogP contribution in [-0.2, 0) is 6.54 Å². The molecule has 2 rings (SSSR count). The molecule has 0 unspecified atom stereocenters. The number of piperidine rings is 1. The number of rotatable bonds is 11. The van der Waals surface area contributed by atoms with Crippen LogP contribution in [0.1, 0.15) is 46.1 Å². The summed E-state index contributed by atoms with van der Waals surface area (Å²) < 4.78 is 18.9. The van der Waals surface area contributed by atoms with Crippen molar-refractivity contribution in [3.05, 3.63) is 29.6 Å². The zero-order valence-corrected chi connectivity index (χ0v) is 20.0. The van der Waals surface area contributed by atoms with E-state index >= 15 is 0 Å². The van der Waals surface area contributed by atoms with Gasteiger partial charge in [0.25, 0.3) is 0 Å². The van der Waals surface area contributed by atoms with Gasteiger partial charge in [0.1, 0.15) is 0 Å². The average Bonchev–Trinajstić information content (AvgIpc) is 2.75. The number of amides is 2. The number of likely N-dealkylation sites (N-methyl/N-ethyl adjacent to an activating group) is 1. The molecular weight excluding hydrogens is 395 g/mol. The molecule has 1 aromatic carbocycles. The second-order valence-electron chi connectivity index (χ2n) is 8.84. The van der Waals surface area contributed by atoms with E-state index in [2.05, 4.69) is 42.8 Å². The molecule has 6 nitrogen and oxygen atoms in total. The Labute approximate surface area is 187 Å². The van der Waals surface area contributed by atoms with Gasteiger partial charge in [-0.05, 0) is 49.5 Å². The number of nitrogens with one attached hydrogen (secondary N) is 1. The first-order chi connectivity index (χ1) is 14.9. The van der Waals surface area contributed by atoms with Crippen molar-refractivity contribution < 1.29 is 13.9 Å². The summed E-state index contributed by atoms with van der Waals surface area (Å²) in [5, 5.41) is 3.26. The molecule has 1 saturated heterocycles. The number of ether oxygens (including phenoxy) is 1. The number of carbonyl (C=O) groups is 1. The van der Waals surface area contributed by atoms with Crippen LogP contribution in [0.4, 0.5) is 9.18 Å². The molecule has 0 aliphatic carbocycles. The van der Waals surface area contributed by atoms with Crippen LogP contribution in [0, 0.1) is 11.7 Å². The Morgan fingerprint density at radius 1 is 1.23 bits per heavy atom. The lowest BCUT2D eigenvalue weighted by molar-refractivity contribution is 0.158. The highest BCUT2D eigenvalue weighted by Gasteiger charge is 2.24. The molecule has 1 N–H and O–H groups in total. The topological polar surface area (TPSA) is 48.0 Å². The number of carbonyl (C=O) groups excluding carboxylic acids is 1. The monoisotopic (exact) mass is 436 g/mol. The number of methoxy groups -OCH3 is 1. The normalized spacial score (nSPS) is 15.5. The lowest BCUT2D eigenvalue weighted by atomic mass is 10.0. The van der Waals surface area contributed by atoms with Gasteiger partial charge in [0.15, 0.2) is 11.6 Å². The van der Waals surface area contributed by atoms with Crippen molar-refractivity contribution >= 4 is 6.03 Å². The third-order valence-electron chi connectivity index (χ3n) is 5.99. The Balaban J connectivity index is 1.82. The lowest BCUT2D eigenvalue weighted by Crippen LogP contribution is -2.51. The quantitative estimate of drug-likeness (QED) is 0.573. The Hall–Kier alpha value is -1.86. The first kappa shape index (κ1) is 25.4. The summed E-state index contributed by atoms with van der Waals surface area (Å²) in [5.74, 6) is 0.392. The Morgan fingerprint density at radius 2 is 1.90 bits per heavy atom. The molecule has 0 atom stereocenters. The van der Waals surface area contributed by atoms with Crippen LogP contribution >= 0.6 is 0 Å². The van der Waals surface area contributed by atoms with Crippen molar-refractivity contribution in [1.82, 2.24) is 20.0 Å². The minimum absolute atomic E-state index is 0.0523. The van der Waals surface area contributed by atoms with Crippen molar-refractivity contribution in [1.29, 1.82) is 0 Å². The van der Waals surface area contributed by atoms with Crippen molar-refractivity contribution in [2.24, 2.45) is 5.92 Å². The van der Waals surface area contributed by atoms with Crippen LogP contribution in [0.15, 0.2) is 18.2 Å². The SMILES string of the molecule is CCN(CC)CCN(CC(C)C)C(=O)NC1CCN(Cc2ccc(OC)c(F)c2)CC1. The van der Waals surface area contributed by atoms with Gasteiger partial charge >= 0.3 is 6.03 Å². The number of urea groups is 1. The second-order valence-corrected chi connectivity index (χ2v) is 8.84. The Morgan fingerprint density at radius 3 is 2.45 bits per heavy atom.